The number of hydrogen-bond acceptors (Lipinski definition) is 4. The summed E-state index contributed by atoms with van der Waals surface area (Å²) in [4.78, 5) is 0. The zero-order chi connectivity index (χ0) is 11.3. The van der Waals surface area contributed by atoms with Gasteiger partial charge in [0.2, 0.25) is 0 Å². The van der Waals surface area contributed by atoms with Crippen molar-refractivity contribution in [2.75, 3.05) is 19.0 Å². The van der Waals surface area contributed by atoms with Crippen molar-refractivity contribution < 1.29 is 10.2 Å². The lowest BCUT2D eigenvalue weighted by molar-refractivity contribution is 0.0760. The fourth-order valence-electron chi connectivity index (χ4n) is 1.97. The van der Waals surface area contributed by atoms with Gasteiger partial charge < -0.3 is 15.5 Å². The summed E-state index contributed by atoms with van der Waals surface area (Å²) >= 11 is 1.97. The monoisotopic (exact) mass is 233 g/mol. The standard InChI is InChI=1S/C11H23NO2S/c1-3-11(7-13,8-14)12-10-5-4-6-15-9(10)2/h9-10,12-14H,3-8H2,1-2H3. The van der Waals surface area contributed by atoms with Gasteiger partial charge in [0.1, 0.15) is 0 Å². The zero-order valence-corrected chi connectivity index (χ0v) is 10.5. The van der Waals surface area contributed by atoms with Crippen LogP contribution in [0.2, 0.25) is 0 Å². The quantitative estimate of drug-likeness (QED) is 0.663. The molecule has 1 heterocycles. The van der Waals surface area contributed by atoms with Gasteiger partial charge in [0.15, 0.2) is 0 Å². The Labute approximate surface area is 96.6 Å². The maximum absolute atomic E-state index is 9.36. The molecule has 0 spiro atoms. The Kier molecular flexibility index (Phi) is 5.39. The van der Waals surface area contributed by atoms with Crippen molar-refractivity contribution in [2.45, 2.75) is 49.9 Å². The Morgan fingerprint density at radius 2 is 2.07 bits per heavy atom. The van der Waals surface area contributed by atoms with Crippen LogP contribution in [0.25, 0.3) is 0 Å². The van der Waals surface area contributed by atoms with Gasteiger partial charge in [-0.3, -0.25) is 0 Å². The van der Waals surface area contributed by atoms with Gasteiger partial charge in [-0.15, -0.1) is 0 Å². The van der Waals surface area contributed by atoms with E-state index in [2.05, 4.69) is 12.2 Å². The van der Waals surface area contributed by atoms with Crippen molar-refractivity contribution in [3.63, 3.8) is 0 Å². The topological polar surface area (TPSA) is 52.5 Å². The predicted octanol–water partition coefficient (Wildman–Crippen LogP) is 0.994. The molecule has 0 aromatic heterocycles. The number of hydrogen-bond donors (Lipinski definition) is 3. The number of rotatable bonds is 5. The van der Waals surface area contributed by atoms with Crippen LogP contribution in [0.15, 0.2) is 0 Å². The van der Waals surface area contributed by atoms with Crippen LogP contribution in [0.5, 0.6) is 0 Å². The van der Waals surface area contributed by atoms with Crippen molar-refractivity contribution in [3.05, 3.63) is 0 Å². The summed E-state index contributed by atoms with van der Waals surface area (Å²) in [5, 5.41) is 22.7. The first-order valence-corrected chi connectivity index (χ1v) is 6.83. The second-order valence-electron chi connectivity index (χ2n) is 4.42. The van der Waals surface area contributed by atoms with Crippen molar-refractivity contribution in [2.24, 2.45) is 0 Å². The molecule has 1 rings (SSSR count). The van der Waals surface area contributed by atoms with Crippen molar-refractivity contribution in [1.29, 1.82) is 0 Å². The molecule has 1 fully saturated rings. The van der Waals surface area contributed by atoms with E-state index in [1.165, 1.54) is 12.2 Å². The minimum atomic E-state index is -0.489. The van der Waals surface area contributed by atoms with E-state index in [-0.39, 0.29) is 13.2 Å². The van der Waals surface area contributed by atoms with Gasteiger partial charge in [0, 0.05) is 11.3 Å². The SMILES string of the molecule is CCC(CO)(CO)NC1CCCSC1C. The molecule has 0 aromatic rings. The Bertz CT molecular complexity index is 177. The van der Waals surface area contributed by atoms with E-state index >= 15 is 0 Å². The molecule has 2 atom stereocenters. The van der Waals surface area contributed by atoms with Crippen LogP contribution >= 0.6 is 11.8 Å². The van der Waals surface area contributed by atoms with E-state index < -0.39 is 5.54 Å². The van der Waals surface area contributed by atoms with Gasteiger partial charge in [0.25, 0.3) is 0 Å². The number of aliphatic hydroxyl groups is 2. The molecule has 0 amide bonds. The Balaban J connectivity index is 2.56. The minimum Gasteiger partial charge on any atom is -0.394 e. The average Bonchev–Trinajstić information content (AvgIpc) is 2.29. The predicted molar refractivity (Wildman–Crippen MR) is 65.3 cm³/mol. The Morgan fingerprint density at radius 3 is 2.53 bits per heavy atom. The number of thioether (sulfide) groups is 1. The molecule has 1 aliphatic rings. The van der Waals surface area contributed by atoms with Gasteiger partial charge in [-0.2, -0.15) is 11.8 Å². The first-order chi connectivity index (χ1) is 7.17. The normalized spacial score (nSPS) is 28.0. The van der Waals surface area contributed by atoms with E-state index in [1.54, 1.807) is 0 Å². The van der Waals surface area contributed by atoms with Crippen LogP contribution < -0.4 is 5.32 Å². The van der Waals surface area contributed by atoms with Gasteiger partial charge in [-0.25, -0.2) is 0 Å². The van der Waals surface area contributed by atoms with E-state index in [1.807, 2.05) is 18.7 Å². The molecule has 0 saturated carbocycles. The molecule has 1 aliphatic heterocycles. The van der Waals surface area contributed by atoms with Gasteiger partial charge in [-0.05, 0) is 25.0 Å². The van der Waals surface area contributed by atoms with Crippen molar-refractivity contribution in [3.8, 4) is 0 Å². The summed E-state index contributed by atoms with van der Waals surface area (Å²) in [6.45, 7) is 4.23. The summed E-state index contributed by atoms with van der Waals surface area (Å²) in [6, 6.07) is 0.419. The lowest BCUT2D eigenvalue weighted by Gasteiger charge is -2.39. The third-order valence-corrected chi connectivity index (χ3v) is 4.76. The number of aliphatic hydroxyl groups excluding tert-OH is 2. The summed E-state index contributed by atoms with van der Waals surface area (Å²) in [5.74, 6) is 1.23. The second kappa shape index (κ2) is 6.09. The highest BCUT2D eigenvalue weighted by molar-refractivity contribution is 7.99. The molecule has 90 valence electrons. The van der Waals surface area contributed by atoms with Crippen LogP contribution in [0, 0.1) is 0 Å². The summed E-state index contributed by atoms with van der Waals surface area (Å²) < 4.78 is 0. The maximum atomic E-state index is 9.36. The molecular weight excluding hydrogens is 210 g/mol. The number of nitrogens with one attached hydrogen (secondary N) is 1. The highest BCUT2D eigenvalue weighted by atomic mass is 32.2. The van der Waals surface area contributed by atoms with Gasteiger partial charge in [-0.1, -0.05) is 13.8 Å². The van der Waals surface area contributed by atoms with Crippen LogP contribution in [0.4, 0.5) is 0 Å². The van der Waals surface area contributed by atoms with Crippen LogP contribution in [0.1, 0.15) is 33.1 Å². The van der Waals surface area contributed by atoms with E-state index in [0.29, 0.717) is 11.3 Å². The Morgan fingerprint density at radius 1 is 1.40 bits per heavy atom. The molecule has 15 heavy (non-hydrogen) atoms. The molecular formula is C11H23NO2S. The van der Waals surface area contributed by atoms with E-state index in [0.717, 1.165) is 12.8 Å². The highest BCUT2D eigenvalue weighted by Crippen LogP contribution is 2.27. The first-order valence-electron chi connectivity index (χ1n) is 5.78. The second-order valence-corrected chi connectivity index (χ2v) is 5.90. The molecule has 1 saturated heterocycles. The van der Waals surface area contributed by atoms with Gasteiger partial charge in [0.05, 0.1) is 18.8 Å². The summed E-state index contributed by atoms with van der Waals surface area (Å²) in [5.41, 5.74) is -0.489. The molecule has 3 nitrogen and oxygen atoms in total. The molecule has 0 bridgehead atoms. The Hall–Kier alpha value is 0.230. The third-order valence-electron chi connectivity index (χ3n) is 3.38. The molecule has 0 aromatic carbocycles. The zero-order valence-electron chi connectivity index (χ0n) is 9.70. The molecule has 4 heteroatoms. The van der Waals surface area contributed by atoms with Crippen molar-refractivity contribution >= 4 is 11.8 Å². The molecule has 0 aliphatic carbocycles. The smallest absolute Gasteiger partial charge is 0.0648 e. The lowest BCUT2D eigenvalue weighted by atomic mass is 9.95. The molecule has 3 N–H and O–H groups in total. The van der Waals surface area contributed by atoms with Crippen LogP contribution in [-0.2, 0) is 0 Å². The summed E-state index contributed by atoms with van der Waals surface area (Å²) in [6.07, 6.45) is 3.13. The fourth-order valence-corrected chi connectivity index (χ4v) is 3.11. The highest BCUT2D eigenvalue weighted by Gasteiger charge is 2.32. The van der Waals surface area contributed by atoms with Gasteiger partial charge >= 0.3 is 0 Å². The summed E-state index contributed by atoms with van der Waals surface area (Å²) in [7, 11) is 0. The third kappa shape index (κ3) is 3.34. The molecule has 0 radical (unpaired) electrons. The van der Waals surface area contributed by atoms with E-state index in [4.69, 9.17) is 0 Å². The lowest BCUT2D eigenvalue weighted by Crippen LogP contribution is -2.58. The van der Waals surface area contributed by atoms with E-state index in [9.17, 15) is 10.2 Å². The average molecular weight is 233 g/mol. The first kappa shape index (κ1) is 13.3. The van der Waals surface area contributed by atoms with Crippen LogP contribution in [-0.4, -0.2) is 46.0 Å². The molecule has 2 unspecified atom stereocenters. The maximum Gasteiger partial charge on any atom is 0.0648 e. The van der Waals surface area contributed by atoms with Crippen LogP contribution in [0.3, 0.4) is 0 Å². The fraction of sp³-hybridized carbons (Fsp3) is 1.00. The van der Waals surface area contributed by atoms with Crippen molar-refractivity contribution in [1.82, 2.24) is 5.32 Å². The largest absolute Gasteiger partial charge is 0.394 e. The minimum absolute atomic E-state index is 0.00782.